The summed E-state index contributed by atoms with van der Waals surface area (Å²) in [5, 5.41) is 3.29. The van der Waals surface area contributed by atoms with Crippen molar-refractivity contribution in [2.24, 2.45) is 5.92 Å². The molecule has 0 aliphatic carbocycles. The molecule has 2 rings (SSSR count). The quantitative estimate of drug-likeness (QED) is 0.770. The van der Waals surface area contributed by atoms with Gasteiger partial charge in [0.1, 0.15) is 0 Å². The lowest BCUT2D eigenvalue weighted by Gasteiger charge is -2.31. The van der Waals surface area contributed by atoms with Crippen LogP contribution in [0.1, 0.15) is 43.5 Å². The van der Waals surface area contributed by atoms with E-state index in [0.717, 1.165) is 6.42 Å². The highest BCUT2D eigenvalue weighted by molar-refractivity contribution is 6.30. The van der Waals surface area contributed by atoms with Crippen molar-refractivity contribution in [2.45, 2.75) is 39.2 Å². The van der Waals surface area contributed by atoms with Crippen LogP contribution in [-0.4, -0.2) is 48.4 Å². The van der Waals surface area contributed by atoms with Crippen LogP contribution >= 0.6 is 11.6 Å². The van der Waals surface area contributed by atoms with Crippen LogP contribution < -0.4 is 5.32 Å². The van der Waals surface area contributed by atoms with Crippen LogP contribution in [0.15, 0.2) is 24.3 Å². The van der Waals surface area contributed by atoms with Gasteiger partial charge in [-0.1, -0.05) is 18.5 Å². The van der Waals surface area contributed by atoms with E-state index in [1.807, 2.05) is 6.92 Å². The first-order valence-electron chi connectivity index (χ1n) is 8.95. The summed E-state index contributed by atoms with van der Waals surface area (Å²) in [7, 11) is 0. The number of likely N-dealkylation sites (tertiary alicyclic amines) is 1. The number of piperidine rings is 1. The number of carbonyl (C=O) groups excluding carboxylic acids is 3. The van der Waals surface area contributed by atoms with Gasteiger partial charge in [0.2, 0.25) is 0 Å². The van der Waals surface area contributed by atoms with Gasteiger partial charge in [-0.25, -0.2) is 0 Å². The van der Waals surface area contributed by atoms with Crippen LogP contribution in [-0.2, 0) is 14.3 Å². The number of benzene rings is 1. The molecule has 26 heavy (non-hydrogen) atoms. The summed E-state index contributed by atoms with van der Waals surface area (Å²) in [4.78, 5) is 38.2. The molecule has 1 heterocycles. The molecule has 0 saturated carbocycles. The van der Waals surface area contributed by atoms with E-state index in [4.69, 9.17) is 16.3 Å². The van der Waals surface area contributed by atoms with Gasteiger partial charge in [-0.15, -0.1) is 0 Å². The van der Waals surface area contributed by atoms with E-state index in [2.05, 4.69) is 5.32 Å². The Morgan fingerprint density at radius 1 is 1.23 bits per heavy atom. The van der Waals surface area contributed by atoms with Gasteiger partial charge in [0, 0.05) is 30.2 Å². The van der Waals surface area contributed by atoms with E-state index in [0.29, 0.717) is 43.1 Å². The van der Waals surface area contributed by atoms with Gasteiger partial charge in [0.15, 0.2) is 6.10 Å². The molecule has 0 spiro atoms. The van der Waals surface area contributed by atoms with Crippen molar-refractivity contribution in [3.63, 3.8) is 0 Å². The minimum atomic E-state index is -0.803. The number of esters is 1. The third kappa shape index (κ3) is 5.46. The number of amides is 2. The molecule has 1 N–H and O–H groups in total. The maximum absolute atomic E-state index is 12.5. The van der Waals surface area contributed by atoms with E-state index in [-0.39, 0.29) is 23.7 Å². The van der Waals surface area contributed by atoms with Crippen LogP contribution in [0.25, 0.3) is 0 Å². The van der Waals surface area contributed by atoms with Crippen LogP contribution in [0.3, 0.4) is 0 Å². The monoisotopic (exact) mass is 380 g/mol. The fourth-order valence-electron chi connectivity index (χ4n) is 2.81. The average molecular weight is 381 g/mol. The molecule has 1 aliphatic rings. The zero-order valence-electron chi connectivity index (χ0n) is 15.2. The van der Waals surface area contributed by atoms with Crippen LogP contribution in [0.2, 0.25) is 5.02 Å². The van der Waals surface area contributed by atoms with E-state index in [1.165, 1.54) is 0 Å². The Hall–Kier alpha value is -2.08. The van der Waals surface area contributed by atoms with Crippen molar-refractivity contribution in [3.8, 4) is 0 Å². The molecule has 1 saturated heterocycles. The van der Waals surface area contributed by atoms with Crippen molar-refractivity contribution in [3.05, 3.63) is 34.9 Å². The minimum Gasteiger partial charge on any atom is -0.452 e. The van der Waals surface area contributed by atoms with Crippen molar-refractivity contribution in [2.75, 3.05) is 19.6 Å². The normalized spacial score (nSPS) is 16.0. The molecule has 0 bridgehead atoms. The summed E-state index contributed by atoms with van der Waals surface area (Å²) in [5.41, 5.74) is 0.580. The first kappa shape index (κ1) is 20.2. The van der Waals surface area contributed by atoms with E-state index in [9.17, 15) is 14.4 Å². The number of hydrogen-bond donors (Lipinski definition) is 1. The van der Waals surface area contributed by atoms with Crippen molar-refractivity contribution in [1.82, 2.24) is 10.2 Å². The second kappa shape index (κ2) is 9.57. The Balaban J connectivity index is 1.81. The summed E-state index contributed by atoms with van der Waals surface area (Å²) < 4.78 is 5.27. The second-order valence-electron chi connectivity index (χ2n) is 6.44. The molecule has 2 amide bonds. The van der Waals surface area contributed by atoms with Gasteiger partial charge in [0.05, 0.1) is 5.92 Å². The van der Waals surface area contributed by atoms with Crippen molar-refractivity contribution < 1.29 is 19.1 Å². The predicted molar refractivity (Wildman–Crippen MR) is 98.9 cm³/mol. The number of rotatable bonds is 6. The van der Waals surface area contributed by atoms with Gasteiger partial charge >= 0.3 is 5.97 Å². The number of carbonyl (C=O) groups is 3. The molecule has 1 aliphatic heterocycles. The third-order valence-corrected chi connectivity index (χ3v) is 4.67. The molecular formula is C19H25ClN2O4. The zero-order valence-corrected chi connectivity index (χ0v) is 15.9. The fraction of sp³-hybridized carbons (Fsp3) is 0.526. The highest BCUT2D eigenvalue weighted by atomic mass is 35.5. The largest absolute Gasteiger partial charge is 0.452 e. The van der Waals surface area contributed by atoms with Crippen LogP contribution in [0.4, 0.5) is 0 Å². The lowest BCUT2D eigenvalue weighted by Crippen LogP contribution is -2.42. The number of hydrogen-bond acceptors (Lipinski definition) is 4. The molecule has 1 aromatic carbocycles. The topological polar surface area (TPSA) is 75.7 Å². The van der Waals surface area contributed by atoms with Gasteiger partial charge < -0.3 is 15.0 Å². The molecule has 0 radical (unpaired) electrons. The lowest BCUT2D eigenvalue weighted by molar-refractivity contribution is -0.160. The molecule has 1 fully saturated rings. The standard InChI is InChI=1S/C19H25ClN2O4/c1-3-10-21-17(23)13(2)26-19(25)15-8-11-22(12-9-15)18(24)14-4-6-16(20)7-5-14/h4-7,13,15H,3,8-12H2,1-2H3,(H,21,23). The summed E-state index contributed by atoms with van der Waals surface area (Å²) in [6.45, 7) is 5.05. The zero-order chi connectivity index (χ0) is 19.1. The molecule has 142 valence electrons. The highest BCUT2D eigenvalue weighted by Gasteiger charge is 2.30. The Kier molecular flexibility index (Phi) is 7.45. The van der Waals surface area contributed by atoms with E-state index in [1.54, 1.807) is 36.1 Å². The molecule has 1 atom stereocenters. The van der Waals surface area contributed by atoms with Gasteiger partial charge in [-0.2, -0.15) is 0 Å². The molecule has 0 aromatic heterocycles. The second-order valence-corrected chi connectivity index (χ2v) is 6.88. The Morgan fingerprint density at radius 3 is 2.42 bits per heavy atom. The molecule has 1 unspecified atom stereocenters. The maximum Gasteiger partial charge on any atom is 0.309 e. The Morgan fingerprint density at radius 2 is 1.85 bits per heavy atom. The van der Waals surface area contributed by atoms with E-state index >= 15 is 0 Å². The lowest BCUT2D eigenvalue weighted by atomic mass is 9.96. The van der Waals surface area contributed by atoms with Gasteiger partial charge in [-0.3, -0.25) is 14.4 Å². The first-order valence-corrected chi connectivity index (χ1v) is 9.33. The summed E-state index contributed by atoms with van der Waals surface area (Å²) in [6, 6.07) is 6.76. The fourth-order valence-corrected chi connectivity index (χ4v) is 2.94. The number of ether oxygens (including phenoxy) is 1. The Labute approximate surface area is 158 Å². The molecule has 6 nitrogen and oxygen atoms in total. The predicted octanol–water partition coefficient (Wildman–Crippen LogP) is 2.65. The van der Waals surface area contributed by atoms with Gasteiger partial charge in [-0.05, 0) is 50.5 Å². The van der Waals surface area contributed by atoms with Crippen molar-refractivity contribution >= 4 is 29.4 Å². The van der Waals surface area contributed by atoms with Crippen molar-refractivity contribution in [1.29, 1.82) is 0 Å². The SMILES string of the molecule is CCCNC(=O)C(C)OC(=O)C1CCN(C(=O)c2ccc(Cl)cc2)CC1. The number of nitrogens with zero attached hydrogens (tertiary/aromatic N) is 1. The smallest absolute Gasteiger partial charge is 0.309 e. The summed E-state index contributed by atoms with van der Waals surface area (Å²) in [5.74, 6) is -1.01. The number of halogens is 1. The van der Waals surface area contributed by atoms with Crippen LogP contribution in [0, 0.1) is 5.92 Å². The first-order chi connectivity index (χ1) is 12.4. The average Bonchev–Trinajstić information content (AvgIpc) is 2.66. The van der Waals surface area contributed by atoms with Gasteiger partial charge in [0.25, 0.3) is 11.8 Å². The molecular weight excluding hydrogens is 356 g/mol. The van der Waals surface area contributed by atoms with Crippen LogP contribution in [0.5, 0.6) is 0 Å². The third-order valence-electron chi connectivity index (χ3n) is 4.42. The van der Waals surface area contributed by atoms with E-state index < -0.39 is 6.10 Å². The Bertz CT molecular complexity index is 639. The summed E-state index contributed by atoms with van der Waals surface area (Å²) >= 11 is 5.84. The minimum absolute atomic E-state index is 0.0687. The molecule has 1 aromatic rings. The molecule has 7 heteroatoms. The maximum atomic E-state index is 12.5. The highest BCUT2D eigenvalue weighted by Crippen LogP contribution is 2.21. The summed E-state index contributed by atoms with van der Waals surface area (Å²) in [6.07, 6.45) is 1.08. The number of nitrogens with one attached hydrogen (secondary N) is 1.